The molecule has 0 fully saturated rings. The summed E-state index contributed by atoms with van der Waals surface area (Å²) in [5.41, 5.74) is 0.229. The third kappa shape index (κ3) is 2.94. The largest absolute Gasteiger partial charge is 0.489 e. The molecule has 0 radical (unpaired) electrons. The van der Waals surface area contributed by atoms with Crippen LogP contribution < -0.4 is 9.88 Å². The van der Waals surface area contributed by atoms with Gasteiger partial charge in [-0.05, 0) is 24.3 Å². The van der Waals surface area contributed by atoms with E-state index < -0.39 is 16.7 Å². The van der Waals surface area contributed by atoms with Gasteiger partial charge in [0.15, 0.2) is 0 Å². The van der Waals surface area contributed by atoms with Crippen molar-refractivity contribution < 1.29 is 17.5 Å². The van der Waals surface area contributed by atoms with Crippen molar-refractivity contribution in [3.05, 3.63) is 29.4 Å². The number of benzene rings is 1. The lowest BCUT2D eigenvalue weighted by molar-refractivity contribution is 0.275. The number of sulfonamides is 1. The minimum atomic E-state index is -3.89. The van der Waals surface area contributed by atoms with Crippen LogP contribution in [0.3, 0.4) is 0 Å². The van der Waals surface area contributed by atoms with E-state index >= 15 is 0 Å². The Bertz CT molecular complexity index is 721. The molecule has 5 nitrogen and oxygen atoms in total. The van der Waals surface area contributed by atoms with Crippen LogP contribution in [0.1, 0.15) is 0 Å². The molecule has 2 rings (SSSR count). The van der Waals surface area contributed by atoms with Gasteiger partial charge in [-0.25, -0.2) is 22.9 Å². The van der Waals surface area contributed by atoms with Crippen molar-refractivity contribution in [3.8, 4) is 5.75 Å². The van der Waals surface area contributed by atoms with Gasteiger partial charge in [-0.15, -0.1) is 0 Å². The summed E-state index contributed by atoms with van der Waals surface area (Å²) in [6, 6.07) is 5.59. The van der Waals surface area contributed by atoms with E-state index in [1.807, 2.05) is 0 Å². The Morgan fingerprint density at radius 2 is 2.05 bits per heavy atom. The average Bonchev–Trinajstić information content (AvgIpc) is 2.34. The van der Waals surface area contributed by atoms with Crippen LogP contribution >= 0.6 is 11.6 Å². The molecule has 1 heterocycles. The smallest absolute Gasteiger partial charge is 0.238 e. The van der Waals surface area contributed by atoms with Crippen LogP contribution in [-0.2, 0) is 10.0 Å². The third-order valence-electron chi connectivity index (χ3n) is 2.39. The van der Waals surface area contributed by atoms with Crippen molar-refractivity contribution >= 4 is 32.5 Å². The van der Waals surface area contributed by atoms with Gasteiger partial charge in [0.05, 0.1) is 4.90 Å². The number of nitrogens with zero attached hydrogens (tertiary/aromatic N) is 1. The Hall–Kier alpha value is -1.44. The molecule has 102 valence electrons. The van der Waals surface area contributed by atoms with E-state index in [9.17, 15) is 12.8 Å². The van der Waals surface area contributed by atoms with Crippen LogP contribution in [0.4, 0.5) is 4.39 Å². The normalized spacial score (nSPS) is 11.7. The number of fused-ring (bicyclic) bond motifs is 1. The minimum absolute atomic E-state index is 0.0840. The number of nitrogens with two attached hydrogens (primary N) is 1. The first-order valence-electron chi connectivity index (χ1n) is 5.24. The van der Waals surface area contributed by atoms with Crippen molar-refractivity contribution in [2.75, 3.05) is 13.3 Å². The second-order valence-electron chi connectivity index (χ2n) is 3.67. The van der Waals surface area contributed by atoms with Crippen molar-refractivity contribution in [2.24, 2.45) is 5.14 Å². The minimum Gasteiger partial charge on any atom is -0.489 e. The van der Waals surface area contributed by atoms with Crippen molar-refractivity contribution in [1.29, 1.82) is 0 Å². The number of hydrogen-bond donors (Lipinski definition) is 1. The summed E-state index contributed by atoms with van der Waals surface area (Å²) in [5, 5.41) is 5.57. The molecule has 0 spiro atoms. The molecular formula is C11H10ClFN2O3S. The van der Waals surface area contributed by atoms with Crippen molar-refractivity contribution in [1.82, 2.24) is 4.98 Å². The lowest BCUT2D eigenvalue weighted by Gasteiger charge is -2.10. The summed E-state index contributed by atoms with van der Waals surface area (Å²) in [4.78, 5) is 3.92. The summed E-state index contributed by atoms with van der Waals surface area (Å²) in [6.45, 7) is -0.822. The number of aromatic nitrogens is 1. The SMILES string of the molecule is NS(=O)(=O)c1ccc(OCCF)c2nc(Cl)ccc12. The summed E-state index contributed by atoms with van der Waals surface area (Å²) in [7, 11) is -3.89. The topological polar surface area (TPSA) is 82.3 Å². The van der Waals surface area contributed by atoms with E-state index in [2.05, 4.69) is 4.98 Å². The molecule has 0 amide bonds. The summed E-state index contributed by atoms with van der Waals surface area (Å²) in [6.07, 6.45) is 0. The molecule has 1 aromatic heterocycles. The molecule has 2 N–H and O–H groups in total. The van der Waals surface area contributed by atoms with Crippen LogP contribution in [0.25, 0.3) is 10.9 Å². The summed E-state index contributed by atoms with van der Waals surface area (Å²) < 4.78 is 40.2. The van der Waals surface area contributed by atoms with Gasteiger partial charge in [0.1, 0.15) is 29.7 Å². The first kappa shape index (κ1) is 14.0. The average molecular weight is 305 g/mol. The van der Waals surface area contributed by atoms with Gasteiger partial charge in [0.2, 0.25) is 10.0 Å². The fraction of sp³-hybridized carbons (Fsp3) is 0.182. The molecule has 0 saturated heterocycles. The van der Waals surface area contributed by atoms with Gasteiger partial charge >= 0.3 is 0 Å². The third-order valence-corrected chi connectivity index (χ3v) is 3.57. The maximum Gasteiger partial charge on any atom is 0.238 e. The van der Waals surface area contributed by atoms with Crippen LogP contribution in [0.15, 0.2) is 29.2 Å². The molecule has 0 aliphatic rings. The van der Waals surface area contributed by atoms with Gasteiger partial charge < -0.3 is 4.74 Å². The summed E-state index contributed by atoms with van der Waals surface area (Å²) in [5.74, 6) is 0.252. The zero-order valence-electron chi connectivity index (χ0n) is 9.64. The van der Waals surface area contributed by atoms with E-state index in [0.717, 1.165) is 0 Å². The molecule has 0 saturated carbocycles. The van der Waals surface area contributed by atoms with Gasteiger partial charge in [-0.2, -0.15) is 0 Å². The standard InChI is InChI=1S/C11H10ClFN2O3S/c12-10-4-1-7-9(19(14,16)17)3-2-8(11(7)15-10)18-6-5-13/h1-4H,5-6H2,(H2,14,16,17). The predicted octanol–water partition coefficient (Wildman–Crippen LogP) is 1.88. The first-order valence-corrected chi connectivity index (χ1v) is 7.17. The molecule has 8 heteroatoms. The molecule has 0 unspecified atom stereocenters. The molecule has 19 heavy (non-hydrogen) atoms. The second kappa shape index (κ2) is 5.28. The zero-order valence-corrected chi connectivity index (χ0v) is 11.2. The number of halogens is 2. The highest BCUT2D eigenvalue weighted by Crippen LogP contribution is 2.30. The Morgan fingerprint density at radius 1 is 1.32 bits per heavy atom. The van der Waals surface area contributed by atoms with Crippen molar-refractivity contribution in [2.45, 2.75) is 4.90 Å². The predicted molar refractivity (Wildman–Crippen MR) is 69.6 cm³/mol. The Balaban J connectivity index is 2.72. The first-order chi connectivity index (χ1) is 8.93. The van der Waals surface area contributed by atoms with Crippen LogP contribution in [0.2, 0.25) is 5.15 Å². The van der Waals surface area contributed by atoms with Gasteiger partial charge in [-0.3, -0.25) is 0 Å². The van der Waals surface area contributed by atoms with Crippen LogP contribution in [0.5, 0.6) is 5.75 Å². The van der Waals surface area contributed by atoms with E-state index in [0.29, 0.717) is 0 Å². The highest BCUT2D eigenvalue weighted by Gasteiger charge is 2.16. The van der Waals surface area contributed by atoms with Crippen LogP contribution in [0, 0.1) is 0 Å². The highest BCUT2D eigenvalue weighted by molar-refractivity contribution is 7.89. The van der Waals surface area contributed by atoms with E-state index in [4.69, 9.17) is 21.5 Å². The monoisotopic (exact) mass is 304 g/mol. The molecular weight excluding hydrogens is 295 g/mol. The Labute approximate surface area is 114 Å². The molecule has 2 aromatic rings. The fourth-order valence-electron chi connectivity index (χ4n) is 1.66. The van der Waals surface area contributed by atoms with E-state index in [-0.39, 0.29) is 33.3 Å². The Kier molecular flexibility index (Phi) is 3.88. The number of alkyl halides is 1. The Morgan fingerprint density at radius 3 is 2.68 bits per heavy atom. The number of pyridine rings is 1. The van der Waals surface area contributed by atoms with Gasteiger partial charge in [0, 0.05) is 5.39 Å². The fourth-order valence-corrected chi connectivity index (χ4v) is 2.53. The second-order valence-corrected chi connectivity index (χ2v) is 5.59. The van der Waals surface area contributed by atoms with Gasteiger partial charge in [-0.1, -0.05) is 11.6 Å². The van der Waals surface area contributed by atoms with E-state index in [1.165, 1.54) is 24.3 Å². The van der Waals surface area contributed by atoms with Crippen LogP contribution in [-0.4, -0.2) is 26.7 Å². The number of hydrogen-bond acceptors (Lipinski definition) is 4. The highest BCUT2D eigenvalue weighted by atomic mass is 35.5. The van der Waals surface area contributed by atoms with Crippen molar-refractivity contribution in [3.63, 3.8) is 0 Å². The number of ether oxygens (including phenoxy) is 1. The quantitative estimate of drug-likeness (QED) is 0.874. The maximum atomic E-state index is 12.1. The molecule has 0 aliphatic carbocycles. The molecule has 0 atom stereocenters. The molecule has 0 bridgehead atoms. The zero-order chi connectivity index (χ0) is 14.0. The van der Waals surface area contributed by atoms with E-state index in [1.54, 1.807) is 0 Å². The maximum absolute atomic E-state index is 12.1. The van der Waals surface area contributed by atoms with Gasteiger partial charge in [0.25, 0.3) is 0 Å². The number of primary sulfonamides is 1. The molecule has 0 aliphatic heterocycles. The summed E-state index contributed by atoms with van der Waals surface area (Å²) >= 11 is 5.77. The lowest BCUT2D eigenvalue weighted by Crippen LogP contribution is -2.13. The molecule has 1 aromatic carbocycles. The number of rotatable bonds is 4. The lowest BCUT2D eigenvalue weighted by atomic mass is 10.2.